The van der Waals surface area contributed by atoms with Crippen molar-refractivity contribution in [2.45, 2.75) is 19.8 Å². The predicted molar refractivity (Wildman–Crippen MR) is 108 cm³/mol. The molecule has 6 nitrogen and oxygen atoms in total. The molecule has 0 bridgehead atoms. The van der Waals surface area contributed by atoms with Crippen molar-refractivity contribution in [3.63, 3.8) is 0 Å². The van der Waals surface area contributed by atoms with E-state index in [4.69, 9.17) is 4.42 Å². The fraction of sp³-hybridized carbons (Fsp3) is 0.400. The summed E-state index contributed by atoms with van der Waals surface area (Å²) in [5, 5.41) is 6.39. The maximum absolute atomic E-state index is 12.8. The van der Waals surface area contributed by atoms with E-state index in [2.05, 4.69) is 17.6 Å². The molecule has 2 N–H and O–H groups in total. The molecule has 1 saturated heterocycles. The van der Waals surface area contributed by atoms with Crippen LogP contribution in [0.4, 0.5) is 5.69 Å². The molecule has 3 rings (SSSR count). The number of para-hydroxylation sites is 1. The summed E-state index contributed by atoms with van der Waals surface area (Å²) in [7, 11) is 1.64. The quantitative estimate of drug-likeness (QED) is 0.821. The van der Waals surface area contributed by atoms with Gasteiger partial charge in [0.1, 0.15) is 0 Å². The highest BCUT2D eigenvalue weighted by molar-refractivity contribution is 6.09. The van der Waals surface area contributed by atoms with Crippen LogP contribution < -0.4 is 15.5 Å². The Labute approximate surface area is 165 Å². The van der Waals surface area contributed by atoms with E-state index in [0.717, 1.165) is 25.9 Å². The van der Waals surface area contributed by atoms with Crippen LogP contribution in [0.2, 0.25) is 0 Å². The Morgan fingerprint density at radius 3 is 2.56 bits per heavy atom. The molecular weight excluding hydrogens is 366 g/mol. The van der Waals surface area contributed by atoms with E-state index in [9.17, 15) is 9.59 Å². The standard InChI is InChI=1S/C20H25N3O3.ClH/c1-20(9-11-21-12-10-20)14-22-18(24)15-6-3-4-7-16(15)23(2)19(25)17-8-5-13-26-17;/h3-8,13,21H,9-12,14H2,1-2H3,(H,22,24);1H. The molecule has 1 fully saturated rings. The van der Waals surface area contributed by atoms with Gasteiger partial charge >= 0.3 is 0 Å². The zero-order valence-electron chi connectivity index (χ0n) is 15.7. The molecule has 27 heavy (non-hydrogen) atoms. The number of rotatable bonds is 5. The van der Waals surface area contributed by atoms with Gasteiger partial charge in [0.25, 0.3) is 11.8 Å². The topological polar surface area (TPSA) is 74.6 Å². The molecule has 1 aliphatic rings. The smallest absolute Gasteiger partial charge is 0.293 e. The number of furan rings is 1. The molecule has 7 heteroatoms. The van der Waals surface area contributed by atoms with Gasteiger partial charge in [-0.15, -0.1) is 12.4 Å². The fourth-order valence-electron chi connectivity index (χ4n) is 3.23. The molecule has 146 valence electrons. The Bertz CT molecular complexity index is 771. The first kappa shape index (κ1) is 21.0. The lowest BCUT2D eigenvalue weighted by molar-refractivity contribution is 0.0922. The molecule has 1 aromatic heterocycles. The van der Waals surface area contributed by atoms with Crippen LogP contribution in [0, 0.1) is 5.41 Å². The molecule has 1 aromatic carbocycles. The van der Waals surface area contributed by atoms with Crippen LogP contribution in [0.25, 0.3) is 0 Å². The van der Waals surface area contributed by atoms with Crippen LogP contribution in [0.1, 0.15) is 40.7 Å². The van der Waals surface area contributed by atoms with Gasteiger partial charge in [-0.3, -0.25) is 9.59 Å². The Morgan fingerprint density at radius 2 is 1.89 bits per heavy atom. The van der Waals surface area contributed by atoms with Gasteiger partial charge in [-0.1, -0.05) is 19.1 Å². The summed E-state index contributed by atoms with van der Waals surface area (Å²) in [4.78, 5) is 26.8. The highest BCUT2D eigenvalue weighted by atomic mass is 35.5. The normalized spacial score (nSPS) is 15.5. The highest BCUT2D eigenvalue weighted by Crippen LogP contribution is 2.27. The Morgan fingerprint density at radius 1 is 1.19 bits per heavy atom. The first-order valence-electron chi connectivity index (χ1n) is 8.90. The molecule has 0 atom stereocenters. The highest BCUT2D eigenvalue weighted by Gasteiger charge is 2.28. The number of amides is 2. The molecule has 0 saturated carbocycles. The SMILES string of the molecule is CN(C(=O)c1ccco1)c1ccccc1C(=O)NCC1(C)CCNCC1.Cl. The van der Waals surface area contributed by atoms with Crippen molar-refractivity contribution in [1.82, 2.24) is 10.6 Å². The number of anilines is 1. The van der Waals surface area contributed by atoms with Gasteiger partial charge in [0.2, 0.25) is 0 Å². The van der Waals surface area contributed by atoms with Crippen molar-refractivity contribution in [3.05, 3.63) is 54.0 Å². The second-order valence-corrected chi connectivity index (χ2v) is 7.10. The minimum atomic E-state index is -0.291. The maximum Gasteiger partial charge on any atom is 0.293 e. The lowest BCUT2D eigenvalue weighted by atomic mass is 9.81. The van der Waals surface area contributed by atoms with Gasteiger partial charge in [0.15, 0.2) is 5.76 Å². The zero-order chi connectivity index (χ0) is 18.6. The maximum atomic E-state index is 12.8. The zero-order valence-corrected chi connectivity index (χ0v) is 16.5. The lowest BCUT2D eigenvalue weighted by Crippen LogP contribution is -2.43. The summed E-state index contributed by atoms with van der Waals surface area (Å²) in [6.07, 6.45) is 3.52. The van der Waals surface area contributed by atoms with Crippen molar-refractivity contribution in [1.29, 1.82) is 0 Å². The third-order valence-electron chi connectivity index (χ3n) is 5.03. The average molecular weight is 392 g/mol. The Balaban J connectivity index is 0.00000261. The van der Waals surface area contributed by atoms with Crippen LogP contribution in [-0.2, 0) is 0 Å². The van der Waals surface area contributed by atoms with E-state index in [1.165, 1.54) is 11.2 Å². The second-order valence-electron chi connectivity index (χ2n) is 7.10. The third-order valence-corrected chi connectivity index (χ3v) is 5.03. The lowest BCUT2D eigenvalue weighted by Gasteiger charge is -2.34. The molecule has 0 unspecified atom stereocenters. The number of benzene rings is 1. The molecule has 0 radical (unpaired) electrons. The first-order valence-corrected chi connectivity index (χ1v) is 8.90. The molecular formula is C20H26ClN3O3. The summed E-state index contributed by atoms with van der Waals surface area (Å²) < 4.78 is 5.18. The minimum absolute atomic E-state index is 0. The van der Waals surface area contributed by atoms with Gasteiger partial charge in [-0.25, -0.2) is 0 Å². The number of nitrogens with one attached hydrogen (secondary N) is 2. The summed E-state index contributed by atoms with van der Waals surface area (Å²) in [6.45, 7) is 4.77. The van der Waals surface area contributed by atoms with Crippen LogP contribution in [0.15, 0.2) is 47.1 Å². The second kappa shape index (κ2) is 9.06. The number of hydrogen-bond donors (Lipinski definition) is 2. The molecule has 2 heterocycles. The van der Waals surface area contributed by atoms with Crippen molar-refractivity contribution in [2.24, 2.45) is 5.41 Å². The van der Waals surface area contributed by atoms with Crippen LogP contribution in [0.5, 0.6) is 0 Å². The largest absolute Gasteiger partial charge is 0.459 e. The van der Waals surface area contributed by atoms with Gasteiger partial charge < -0.3 is 20.0 Å². The van der Waals surface area contributed by atoms with Crippen LogP contribution in [-0.4, -0.2) is 38.5 Å². The summed E-state index contributed by atoms with van der Waals surface area (Å²) in [5.41, 5.74) is 1.14. The van der Waals surface area contributed by atoms with Crippen molar-refractivity contribution in [2.75, 3.05) is 31.6 Å². The molecule has 2 aromatic rings. The van der Waals surface area contributed by atoms with E-state index >= 15 is 0 Å². The van der Waals surface area contributed by atoms with E-state index in [1.54, 1.807) is 37.4 Å². The molecule has 0 aliphatic carbocycles. The van der Waals surface area contributed by atoms with E-state index in [1.807, 2.05) is 6.07 Å². The number of carbonyl (C=O) groups is 2. The summed E-state index contributed by atoms with van der Waals surface area (Å²) >= 11 is 0. The third kappa shape index (κ3) is 4.90. The minimum Gasteiger partial charge on any atom is -0.459 e. The number of nitrogens with zero attached hydrogens (tertiary/aromatic N) is 1. The molecule has 1 aliphatic heterocycles. The monoisotopic (exact) mass is 391 g/mol. The van der Waals surface area contributed by atoms with Crippen molar-refractivity contribution < 1.29 is 14.0 Å². The van der Waals surface area contributed by atoms with E-state index in [0.29, 0.717) is 17.8 Å². The number of piperidine rings is 1. The number of carbonyl (C=O) groups excluding carboxylic acids is 2. The van der Waals surface area contributed by atoms with Crippen molar-refractivity contribution >= 4 is 29.9 Å². The fourth-order valence-corrected chi connectivity index (χ4v) is 3.23. The Kier molecular flexibility index (Phi) is 7.05. The van der Waals surface area contributed by atoms with E-state index < -0.39 is 0 Å². The number of hydrogen-bond acceptors (Lipinski definition) is 4. The van der Waals surface area contributed by atoms with Crippen molar-refractivity contribution in [3.8, 4) is 0 Å². The molecule has 0 spiro atoms. The number of halogens is 1. The predicted octanol–water partition coefficient (Wildman–Crippen LogP) is 3.10. The molecule has 2 amide bonds. The van der Waals surface area contributed by atoms with Gasteiger partial charge in [0, 0.05) is 13.6 Å². The van der Waals surface area contributed by atoms with Gasteiger partial charge in [0.05, 0.1) is 17.5 Å². The van der Waals surface area contributed by atoms with Gasteiger partial charge in [-0.05, 0) is 55.6 Å². The summed E-state index contributed by atoms with van der Waals surface area (Å²) in [5.74, 6) is -0.218. The van der Waals surface area contributed by atoms with E-state index in [-0.39, 0.29) is 35.4 Å². The Hall–Kier alpha value is -2.31. The van der Waals surface area contributed by atoms with Crippen LogP contribution >= 0.6 is 12.4 Å². The van der Waals surface area contributed by atoms with Crippen LogP contribution in [0.3, 0.4) is 0 Å². The first-order chi connectivity index (χ1) is 12.5. The summed E-state index contributed by atoms with van der Waals surface area (Å²) in [6, 6.07) is 10.4. The van der Waals surface area contributed by atoms with Gasteiger partial charge in [-0.2, -0.15) is 0 Å². The average Bonchev–Trinajstić information content (AvgIpc) is 3.20.